The summed E-state index contributed by atoms with van der Waals surface area (Å²) in [6, 6.07) is 5.58. The molecule has 1 fully saturated rings. The van der Waals surface area contributed by atoms with E-state index in [4.69, 9.17) is 15.6 Å². The van der Waals surface area contributed by atoms with Crippen molar-refractivity contribution in [3.63, 3.8) is 0 Å². The van der Waals surface area contributed by atoms with Crippen LogP contribution in [0.15, 0.2) is 24.3 Å². The quantitative estimate of drug-likeness (QED) is 0.529. The van der Waals surface area contributed by atoms with Crippen molar-refractivity contribution in [1.82, 2.24) is 5.32 Å². The van der Waals surface area contributed by atoms with Gasteiger partial charge < -0.3 is 20.9 Å². The lowest BCUT2D eigenvalue weighted by atomic mass is 10.1. The Bertz CT molecular complexity index is 480. The average Bonchev–Trinajstić information content (AvgIpc) is 2.95. The lowest BCUT2D eigenvalue weighted by Gasteiger charge is -2.11. The molecule has 0 aromatic heterocycles. The highest BCUT2D eigenvalue weighted by molar-refractivity contribution is 5.78. The predicted molar refractivity (Wildman–Crippen MR) is 72.4 cm³/mol. The molecule has 6 heteroatoms. The zero-order chi connectivity index (χ0) is 14.5. The number of carboxylic acid groups (broad SMARTS) is 1. The Kier molecular flexibility index (Phi) is 4.70. The fourth-order valence-corrected chi connectivity index (χ4v) is 2.11. The molecule has 0 radical (unpaired) electrons. The predicted octanol–water partition coefficient (Wildman–Crippen LogP) is 0.298. The average molecular weight is 278 g/mol. The van der Waals surface area contributed by atoms with Crippen LogP contribution in [-0.2, 0) is 16.0 Å². The molecule has 108 valence electrons. The van der Waals surface area contributed by atoms with Crippen LogP contribution < -0.4 is 15.8 Å². The van der Waals surface area contributed by atoms with Gasteiger partial charge in [0.2, 0.25) is 0 Å². The van der Waals surface area contributed by atoms with Gasteiger partial charge in [-0.1, -0.05) is 12.1 Å². The topological polar surface area (TPSA) is 102 Å². The van der Waals surface area contributed by atoms with Crippen molar-refractivity contribution in [3.05, 3.63) is 29.8 Å². The summed E-state index contributed by atoms with van der Waals surface area (Å²) in [7, 11) is 0. The molecule has 0 bridgehead atoms. The Balaban J connectivity index is 1.91. The van der Waals surface area contributed by atoms with Crippen molar-refractivity contribution in [1.29, 1.82) is 0 Å². The molecule has 2 rings (SSSR count). The maximum atomic E-state index is 11.8. The second kappa shape index (κ2) is 6.49. The molecule has 0 amide bonds. The summed E-state index contributed by atoms with van der Waals surface area (Å²) in [6.07, 6.45) is 2.02. The number of esters is 1. The summed E-state index contributed by atoms with van der Waals surface area (Å²) in [5.74, 6) is -0.860. The highest BCUT2D eigenvalue weighted by Crippen LogP contribution is 2.15. The number of nitrogens with one attached hydrogen (secondary N) is 1. The summed E-state index contributed by atoms with van der Waals surface area (Å²) in [5, 5.41) is 11.8. The van der Waals surface area contributed by atoms with Crippen LogP contribution in [0.25, 0.3) is 0 Å². The SMILES string of the molecule is N[C@@H](Cc1ccc(OC(=O)[C@@H]2CCCN2)cc1)C(=O)O. The van der Waals surface area contributed by atoms with Crippen molar-refractivity contribution >= 4 is 11.9 Å². The van der Waals surface area contributed by atoms with Crippen LogP contribution in [-0.4, -0.2) is 35.7 Å². The maximum Gasteiger partial charge on any atom is 0.328 e. The first kappa shape index (κ1) is 14.5. The first-order valence-electron chi connectivity index (χ1n) is 6.58. The van der Waals surface area contributed by atoms with E-state index in [0.29, 0.717) is 5.75 Å². The zero-order valence-corrected chi connectivity index (χ0v) is 11.0. The van der Waals surface area contributed by atoms with E-state index in [2.05, 4.69) is 5.32 Å². The Morgan fingerprint density at radius 3 is 2.65 bits per heavy atom. The molecule has 1 aromatic rings. The Hall–Kier alpha value is -1.92. The van der Waals surface area contributed by atoms with Crippen LogP contribution in [0.3, 0.4) is 0 Å². The van der Waals surface area contributed by atoms with E-state index in [9.17, 15) is 9.59 Å². The van der Waals surface area contributed by atoms with E-state index in [1.54, 1.807) is 24.3 Å². The van der Waals surface area contributed by atoms with Gasteiger partial charge >= 0.3 is 11.9 Å². The molecule has 0 spiro atoms. The van der Waals surface area contributed by atoms with Crippen molar-refractivity contribution in [2.24, 2.45) is 5.73 Å². The molecule has 1 aromatic carbocycles. The Labute approximate surface area is 116 Å². The van der Waals surface area contributed by atoms with Gasteiger partial charge in [-0.05, 0) is 43.5 Å². The second-order valence-corrected chi connectivity index (χ2v) is 4.86. The minimum atomic E-state index is -1.03. The van der Waals surface area contributed by atoms with Crippen LogP contribution in [0, 0.1) is 0 Å². The van der Waals surface area contributed by atoms with Gasteiger partial charge in [0.1, 0.15) is 17.8 Å². The molecular formula is C14H18N2O4. The minimum Gasteiger partial charge on any atom is -0.480 e. The molecule has 0 unspecified atom stereocenters. The maximum absolute atomic E-state index is 11.8. The van der Waals surface area contributed by atoms with E-state index < -0.39 is 12.0 Å². The fourth-order valence-electron chi connectivity index (χ4n) is 2.11. The van der Waals surface area contributed by atoms with Crippen LogP contribution in [0.2, 0.25) is 0 Å². The molecule has 0 aliphatic carbocycles. The van der Waals surface area contributed by atoms with Crippen LogP contribution >= 0.6 is 0 Å². The number of hydrogen-bond donors (Lipinski definition) is 3. The van der Waals surface area contributed by atoms with E-state index in [-0.39, 0.29) is 18.4 Å². The molecule has 4 N–H and O–H groups in total. The number of nitrogens with two attached hydrogens (primary N) is 1. The van der Waals surface area contributed by atoms with Gasteiger partial charge in [0.25, 0.3) is 0 Å². The Morgan fingerprint density at radius 1 is 1.40 bits per heavy atom. The number of ether oxygens (including phenoxy) is 1. The largest absolute Gasteiger partial charge is 0.480 e. The molecule has 0 saturated carbocycles. The summed E-state index contributed by atoms with van der Waals surface area (Å²) >= 11 is 0. The van der Waals surface area contributed by atoms with E-state index in [1.165, 1.54) is 0 Å². The lowest BCUT2D eigenvalue weighted by molar-refractivity contribution is -0.138. The lowest BCUT2D eigenvalue weighted by Crippen LogP contribution is -2.34. The standard InChI is InChI=1S/C14H18N2O4/c15-11(13(17)18)8-9-3-5-10(6-4-9)20-14(19)12-2-1-7-16-12/h3-6,11-12,16H,1-2,7-8,15H2,(H,17,18)/t11-,12-/m0/s1. The van der Waals surface area contributed by atoms with E-state index in [0.717, 1.165) is 24.9 Å². The second-order valence-electron chi connectivity index (χ2n) is 4.86. The molecule has 1 saturated heterocycles. The number of carbonyl (C=O) groups is 2. The number of hydrogen-bond acceptors (Lipinski definition) is 5. The van der Waals surface area contributed by atoms with E-state index >= 15 is 0 Å². The van der Waals surface area contributed by atoms with Crippen LogP contribution in [0.4, 0.5) is 0 Å². The van der Waals surface area contributed by atoms with Gasteiger partial charge in [0.15, 0.2) is 0 Å². The summed E-state index contributed by atoms with van der Waals surface area (Å²) in [6.45, 7) is 0.839. The molecule has 20 heavy (non-hydrogen) atoms. The molecule has 1 aliphatic rings. The number of aliphatic carboxylic acids is 1. The molecule has 2 atom stereocenters. The summed E-state index contributed by atoms with van der Waals surface area (Å²) in [4.78, 5) is 22.4. The third-order valence-electron chi connectivity index (χ3n) is 3.26. The van der Waals surface area contributed by atoms with Crippen molar-refractivity contribution < 1.29 is 19.4 Å². The monoisotopic (exact) mass is 278 g/mol. The summed E-state index contributed by atoms with van der Waals surface area (Å²) < 4.78 is 5.26. The number of benzene rings is 1. The molecule has 6 nitrogen and oxygen atoms in total. The molecule has 1 heterocycles. The zero-order valence-electron chi connectivity index (χ0n) is 11.0. The van der Waals surface area contributed by atoms with Gasteiger partial charge in [-0.3, -0.25) is 4.79 Å². The van der Waals surface area contributed by atoms with Gasteiger partial charge in [0.05, 0.1) is 0 Å². The highest BCUT2D eigenvalue weighted by atomic mass is 16.5. The first-order chi connectivity index (χ1) is 9.56. The van der Waals surface area contributed by atoms with Gasteiger partial charge in [-0.2, -0.15) is 0 Å². The minimum absolute atomic E-state index is 0.227. The smallest absolute Gasteiger partial charge is 0.328 e. The number of carboxylic acids is 1. The van der Waals surface area contributed by atoms with Gasteiger partial charge in [-0.25, -0.2) is 4.79 Å². The van der Waals surface area contributed by atoms with Crippen molar-refractivity contribution in [2.75, 3.05) is 6.54 Å². The van der Waals surface area contributed by atoms with Crippen LogP contribution in [0.5, 0.6) is 5.75 Å². The fraction of sp³-hybridized carbons (Fsp3) is 0.429. The number of carbonyl (C=O) groups excluding carboxylic acids is 1. The van der Waals surface area contributed by atoms with Gasteiger partial charge in [-0.15, -0.1) is 0 Å². The third kappa shape index (κ3) is 3.79. The Morgan fingerprint density at radius 2 is 2.10 bits per heavy atom. The molecular weight excluding hydrogens is 260 g/mol. The number of rotatable bonds is 5. The van der Waals surface area contributed by atoms with Crippen molar-refractivity contribution in [3.8, 4) is 5.75 Å². The third-order valence-corrected chi connectivity index (χ3v) is 3.26. The summed E-state index contributed by atoms with van der Waals surface area (Å²) in [5.41, 5.74) is 6.25. The van der Waals surface area contributed by atoms with Gasteiger partial charge in [0, 0.05) is 0 Å². The molecule has 1 aliphatic heterocycles. The normalized spacial score (nSPS) is 19.6. The van der Waals surface area contributed by atoms with E-state index in [1.807, 2.05) is 0 Å². The first-order valence-corrected chi connectivity index (χ1v) is 6.58. The highest BCUT2D eigenvalue weighted by Gasteiger charge is 2.23. The van der Waals surface area contributed by atoms with Crippen molar-refractivity contribution in [2.45, 2.75) is 31.3 Å². The van der Waals surface area contributed by atoms with Crippen LogP contribution in [0.1, 0.15) is 18.4 Å².